The Morgan fingerprint density at radius 1 is 1.12 bits per heavy atom. The maximum atomic E-state index is 4.71. The summed E-state index contributed by atoms with van der Waals surface area (Å²) in [4.78, 5) is 4.30. The first kappa shape index (κ1) is 22.5. The molecule has 26 heavy (non-hydrogen) atoms. The molecule has 0 amide bonds. The van der Waals surface area contributed by atoms with E-state index in [0.29, 0.717) is 0 Å². The molecule has 0 aliphatic carbocycles. The van der Waals surface area contributed by atoms with E-state index in [0.717, 1.165) is 31.3 Å². The lowest BCUT2D eigenvalue weighted by Gasteiger charge is -2.12. The number of aliphatic imine (C=N–C) groups is 1. The fraction of sp³-hybridized carbons (Fsp3) is 0.500. The number of aromatic nitrogens is 2. The molecule has 0 aliphatic heterocycles. The second kappa shape index (κ2) is 11.9. The minimum atomic E-state index is 0. The van der Waals surface area contributed by atoms with E-state index in [-0.39, 0.29) is 24.0 Å². The van der Waals surface area contributed by atoms with Crippen molar-refractivity contribution in [3.05, 3.63) is 52.8 Å². The largest absolute Gasteiger partial charge is 0.356 e. The van der Waals surface area contributed by atoms with E-state index in [4.69, 9.17) is 5.10 Å². The molecule has 1 heterocycles. The first-order chi connectivity index (χ1) is 12.2. The van der Waals surface area contributed by atoms with Crippen LogP contribution in [0.1, 0.15) is 48.7 Å². The van der Waals surface area contributed by atoms with Gasteiger partial charge in [0.2, 0.25) is 0 Å². The van der Waals surface area contributed by atoms with Gasteiger partial charge in [-0.15, -0.1) is 24.0 Å². The van der Waals surface area contributed by atoms with Gasteiger partial charge in [0.05, 0.1) is 12.2 Å². The third-order valence-corrected chi connectivity index (χ3v) is 4.44. The van der Waals surface area contributed by atoms with Crippen molar-refractivity contribution in [2.24, 2.45) is 4.99 Å². The van der Waals surface area contributed by atoms with Crippen molar-refractivity contribution in [2.45, 2.75) is 53.1 Å². The Morgan fingerprint density at radius 2 is 1.85 bits per heavy atom. The highest BCUT2D eigenvalue weighted by atomic mass is 127. The Kier molecular flexibility index (Phi) is 10.3. The molecule has 0 atom stereocenters. The van der Waals surface area contributed by atoms with E-state index in [1.165, 1.54) is 36.1 Å². The van der Waals surface area contributed by atoms with Crippen molar-refractivity contribution in [3.63, 3.8) is 0 Å². The van der Waals surface area contributed by atoms with Crippen LogP contribution in [-0.4, -0.2) is 29.3 Å². The number of nitrogens with zero attached hydrogens (tertiary/aromatic N) is 3. The first-order valence-electron chi connectivity index (χ1n) is 9.17. The Labute approximate surface area is 174 Å². The van der Waals surface area contributed by atoms with Gasteiger partial charge in [0.1, 0.15) is 0 Å². The Balaban J connectivity index is 0.00000338. The van der Waals surface area contributed by atoms with Crippen LogP contribution in [-0.2, 0) is 13.1 Å². The summed E-state index contributed by atoms with van der Waals surface area (Å²) in [5, 5.41) is 11.5. The number of hydrogen-bond donors (Lipinski definition) is 2. The van der Waals surface area contributed by atoms with Crippen LogP contribution in [0.25, 0.3) is 0 Å². The number of guanidine groups is 1. The Morgan fingerprint density at radius 3 is 2.50 bits per heavy atom. The summed E-state index contributed by atoms with van der Waals surface area (Å²) >= 11 is 0. The van der Waals surface area contributed by atoms with E-state index < -0.39 is 0 Å². The molecule has 1 aromatic heterocycles. The van der Waals surface area contributed by atoms with E-state index in [2.05, 4.69) is 65.3 Å². The molecule has 0 aliphatic rings. The van der Waals surface area contributed by atoms with Crippen LogP contribution in [0.3, 0.4) is 0 Å². The summed E-state index contributed by atoms with van der Waals surface area (Å²) < 4.78 is 2.08. The zero-order chi connectivity index (χ0) is 18.1. The van der Waals surface area contributed by atoms with Gasteiger partial charge in [0.25, 0.3) is 0 Å². The molecule has 0 bridgehead atoms. The number of hydrogen-bond acceptors (Lipinski definition) is 2. The second-order valence-electron chi connectivity index (χ2n) is 6.35. The third kappa shape index (κ3) is 6.63. The molecule has 2 N–H and O–H groups in total. The first-order valence-corrected chi connectivity index (χ1v) is 9.17. The van der Waals surface area contributed by atoms with E-state index >= 15 is 0 Å². The van der Waals surface area contributed by atoms with Crippen LogP contribution in [0.15, 0.2) is 35.3 Å². The molecule has 0 saturated carbocycles. The van der Waals surface area contributed by atoms with Crippen LogP contribution in [0, 0.1) is 13.8 Å². The zero-order valence-electron chi connectivity index (χ0n) is 16.4. The van der Waals surface area contributed by atoms with Gasteiger partial charge in [-0.05, 0) is 25.8 Å². The third-order valence-electron chi connectivity index (χ3n) is 4.44. The fourth-order valence-corrected chi connectivity index (χ4v) is 2.87. The lowest BCUT2D eigenvalue weighted by Crippen LogP contribution is -2.37. The van der Waals surface area contributed by atoms with Crippen molar-refractivity contribution in [2.75, 3.05) is 13.6 Å². The van der Waals surface area contributed by atoms with Gasteiger partial charge in [-0.25, -0.2) is 0 Å². The SMILES string of the molecule is CCCCCNC(=NC)NCc1c(C)nn(Cc2ccccc2)c1C.I. The van der Waals surface area contributed by atoms with Crippen LogP contribution in [0.4, 0.5) is 0 Å². The molecule has 1 aromatic carbocycles. The fourth-order valence-electron chi connectivity index (χ4n) is 2.87. The van der Waals surface area contributed by atoms with Gasteiger partial charge in [-0.2, -0.15) is 5.10 Å². The van der Waals surface area contributed by atoms with Crippen LogP contribution in [0.5, 0.6) is 0 Å². The normalized spacial score (nSPS) is 11.2. The quantitative estimate of drug-likeness (QED) is 0.266. The molecule has 2 rings (SSSR count). The number of halogens is 1. The molecular formula is C20H32IN5. The van der Waals surface area contributed by atoms with Gasteiger partial charge < -0.3 is 10.6 Å². The number of nitrogens with one attached hydrogen (secondary N) is 2. The molecule has 144 valence electrons. The minimum absolute atomic E-state index is 0. The summed E-state index contributed by atoms with van der Waals surface area (Å²) in [6, 6.07) is 10.4. The maximum Gasteiger partial charge on any atom is 0.191 e. The summed E-state index contributed by atoms with van der Waals surface area (Å²) in [5.41, 5.74) is 4.78. The lowest BCUT2D eigenvalue weighted by molar-refractivity contribution is 0.657. The van der Waals surface area contributed by atoms with Crippen LogP contribution in [0.2, 0.25) is 0 Å². The lowest BCUT2D eigenvalue weighted by atomic mass is 10.2. The predicted molar refractivity (Wildman–Crippen MR) is 120 cm³/mol. The van der Waals surface area contributed by atoms with Crippen molar-refractivity contribution < 1.29 is 0 Å². The maximum absolute atomic E-state index is 4.71. The standard InChI is InChI=1S/C20H31N5.HI/c1-5-6-10-13-22-20(21-4)23-14-19-16(2)24-25(17(19)3)15-18-11-8-7-9-12-18;/h7-9,11-12H,5-6,10,13-15H2,1-4H3,(H2,21,22,23);1H. The summed E-state index contributed by atoms with van der Waals surface area (Å²) in [5.74, 6) is 0.853. The number of aryl methyl sites for hydroxylation is 1. The molecule has 0 saturated heterocycles. The van der Waals surface area contributed by atoms with Gasteiger partial charge in [0.15, 0.2) is 5.96 Å². The van der Waals surface area contributed by atoms with E-state index in [9.17, 15) is 0 Å². The van der Waals surface area contributed by atoms with Crippen LogP contribution >= 0.6 is 24.0 Å². The van der Waals surface area contributed by atoms with Crippen molar-refractivity contribution in [1.29, 1.82) is 0 Å². The average Bonchev–Trinajstić information content (AvgIpc) is 2.89. The number of benzene rings is 1. The molecular weight excluding hydrogens is 437 g/mol. The van der Waals surface area contributed by atoms with Gasteiger partial charge in [0, 0.05) is 31.4 Å². The van der Waals surface area contributed by atoms with Crippen molar-refractivity contribution in [1.82, 2.24) is 20.4 Å². The number of rotatable bonds is 8. The highest BCUT2D eigenvalue weighted by Gasteiger charge is 2.12. The molecule has 0 spiro atoms. The average molecular weight is 469 g/mol. The summed E-state index contributed by atoms with van der Waals surface area (Å²) in [7, 11) is 1.81. The predicted octanol–water partition coefficient (Wildman–Crippen LogP) is 4.02. The highest BCUT2D eigenvalue weighted by Crippen LogP contribution is 2.14. The van der Waals surface area contributed by atoms with E-state index in [1.54, 1.807) is 0 Å². The Hall–Kier alpha value is -1.57. The van der Waals surface area contributed by atoms with Gasteiger partial charge in [-0.1, -0.05) is 50.1 Å². The van der Waals surface area contributed by atoms with Crippen molar-refractivity contribution in [3.8, 4) is 0 Å². The molecule has 0 fully saturated rings. The van der Waals surface area contributed by atoms with Crippen molar-refractivity contribution >= 4 is 29.9 Å². The van der Waals surface area contributed by atoms with Crippen LogP contribution < -0.4 is 10.6 Å². The van der Waals surface area contributed by atoms with Gasteiger partial charge in [-0.3, -0.25) is 9.67 Å². The van der Waals surface area contributed by atoms with Gasteiger partial charge >= 0.3 is 0 Å². The molecule has 0 unspecified atom stereocenters. The van der Waals surface area contributed by atoms with E-state index in [1.807, 2.05) is 13.1 Å². The summed E-state index contributed by atoms with van der Waals surface area (Å²) in [6.07, 6.45) is 3.64. The smallest absolute Gasteiger partial charge is 0.191 e. The monoisotopic (exact) mass is 469 g/mol. The second-order valence-corrected chi connectivity index (χ2v) is 6.35. The molecule has 2 aromatic rings. The highest BCUT2D eigenvalue weighted by molar-refractivity contribution is 14.0. The Bertz CT molecular complexity index is 679. The molecule has 0 radical (unpaired) electrons. The number of unbranched alkanes of at least 4 members (excludes halogenated alkanes) is 2. The molecule has 6 heteroatoms. The zero-order valence-corrected chi connectivity index (χ0v) is 18.7. The molecule has 5 nitrogen and oxygen atoms in total. The topological polar surface area (TPSA) is 54.2 Å². The minimum Gasteiger partial charge on any atom is -0.356 e. The summed E-state index contributed by atoms with van der Waals surface area (Å²) in [6.45, 7) is 8.92.